The fraction of sp³-hybridized carbons (Fsp3) is 0.444. The zero-order chi connectivity index (χ0) is 20.0. The molecule has 8 nitrogen and oxygen atoms in total. The van der Waals surface area contributed by atoms with Gasteiger partial charge in [-0.15, -0.1) is 0 Å². The normalized spacial score (nSPS) is 15.4. The predicted molar refractivity (Wildman–Crippen MR) is 92.8 cm³/mol. The van der Waals surface area contributed by atoms with Crippen LogP contribution in [-0.4, -0.2) is 47.4 Å². The fourth-order valence-corrected chi connectivity index (χ4v) is 2.72. The molecule has 146 valence electrons. The van der Waals surface area contributed by atoms with Gasteiger partial charge >= 0.3 is 12.0 Å². The Bertz CT molecular complexity index is 731. The molecule has 27 heavy (non-hydrogen) atoms. The quantitative estimate of drug-likeness (QED) is 0.520. The molecule has 1 aromatic rings. The van der Waals surface area contributed by atoms with Gasteiger partial charge in [0.25, 0.3) is 11.8 Å². The number of hydrogen-bond acceptors (Lipinski definition) is 5. The minimum atomic E-state index is -0.996. The number of esters is 1. The molecule has 4 amide bonds. The molecule has 9 heteroatoms. The zero-order valence-corrected chi connectivity index (χ0v) is 15.2. The van der Waals surface area contributed by atoms with Crippen molar-refractivity contribution in [3.8, 4) is 0 Å². The Morgan fingerprint density at radius 1 is 1.19 bits per heavy atom. The van der Waals surface area contributed by atoms with E-state index in [1.807, 2.05) is 0 Å². The minimum absolute atomic E-state index is 0.152. The minimum Gasteiger partial charge on any atom is -0.454 e. The number of benzene rings is 1. The molecule has 0 atom stereocenters. The number of ether oxygens (including phenoxy) is 1. The van der Waals surface area contributed by atoms with Crippen LogP contribution >= 0.6 is 0 Å². The molecule has 0 aliphatic carbocycles. The lowest BCUT2D eigenvalue weighted by molar-refractivity contribution is -0.151. The van der Waals surface area contributed by atoms with Crippen LogP contribution in [-0.2, 0) is 25.7 Å². The molecule has 0 bridgehead atoms. The zero-order valence-electron chi connectivity index (χ0n) is 15.2. The first-order chi connectivity index (χ1) is 12.8. The number of nitrogens with zero attached hydrogens (tertiary/aromatic N) is 1. The summed E-state index contributed by atoms with van der Waals surface area (Å²) >= 11 is 0. The molecule has 1 saturated heterocycles. The van der Waals surface area contributed by atoms with Gasteiger partial charge in [-0.25, -0.2) is 9.18 Å². The molecule has 2 rings (SSSR count). The molecule has 0 unspecified atom stereocenters. The maximum Gasteiger partial charge on any atom is 0.326 e. The summed E-state index contributed by atoms with van der Waals surface area (Å²) < 4.78 is 17.6. The van der Waals surface area contributed by atoms with Crippen molar-refractivity contribution in [2.45, 2.75) is 38.8 Å². The molecule has 2 N–H and O–H groups in total. The number of halogens is 1. The topological polar surface area (TPSA) is 105 Å². The summed E-state index contributed by atoms with van der Waals surface area (Å²) in [6.45, 7) is 2.59. The van der Waals surface area contributed by atoms with Crippen LogP contribution in [0.2, 0.25) is 0 Å². The van der Waals surface area contributed by atoms with E-state index in [1.54, 1.807) is 13.8 Å². The molecule has 0 radical (unpaired) electrons. The molecule has 0 saturated carbocycles. The maximum atomic E-state index is 12.8. The summed E-state index contributed by atoms with van der Waals surface area (Å²) in [6, 6.07) is 4.93. The van der Waals surface area contributed by atoms with E-state index in [4.69, 9.17) is 4.74 Å². The predicted octanol–water partition coefficient (Wildman–Crippen LogP) is 1.10. The summed E-state index contributed by atoms with van der Waals surface area (Å²) in [4.78, 5) is 48.7. The lowest BCUT2D eigenvalue weighted by Gasteiger charge is -2.22. The monoisotopic (exact) mass is 379 g/mol. The highest BCUT2D eigenvalue weighted by Crippen LogP contribution is 2.24. The van der Waals surface area contributed by atoms with Gasteiger partial charge in [0.1, 0.15) is 17.9 Å². The van der Waals surface area contributed by atoms with Gasteiger partial charge in [-0.1, -0.05) is 26.0 Å². The first-order valence-electron chi connectivity index (χ1n) is 8.62. The number of rotatable bonds is 8. The van der Waals surface area contributed by atoms with Gasteiger partial charge in [0.15, 0.2) is 6.61 Å². The number of amides is 4. The van der Waals surface area contributed by atoms with Crippen molar-refractivity contribution in [3.63, 3.8) is 0 Å². The Balaban J connectivity index is 1.78. The van der Waals surface area contributed by atoms with Gasteiger partial charge in [-0.2, -0.15) is 0 Å². The lowest BCUT2D eigenvalue weighted by atomic mass is 9.93. The van der Waals surface area contributed by atoms with Gasteiger partial charge in [-0.05, 0) is 30.5 Å². The molecule has 1 aliphatic heterocycles. The third kappa shape index (κ3) is 4.81. The molecule has 0 spiro atoms. The van der Waals surface area contributed by atoms with Crippen LogP contribution in [0.1, 0.15) is 32.3 Å². The molecule has 1 fully saturated rings. The van der Waals surface area contributed by atoms with Crippen LogP contribution < -0.4 is 10.6 Å². The molecule has 1 aliphatic rings. The Hall–Kier alpha value is -2.97. The Labute approximate surface area is 156 Å². The number of carbonyl (C=O) groups is 4. The summed E-state index contributed by atoms with van der Waals surface area (Å²) in [7, 11) is 0. The molecular weight excluding hydrogens is 357 g/mol. The largest absolute Gasteiger partial charge is 0.454 e. The van der Waals surface area contributed by atoms with Crippen molar-refractivity contribution >= 4 is 23.8 Å². The number of carbonyl (C=O) groups excluding carboxylic acids is 4. The van der Waals surface area contributed by atoms with Crippen LogP contribution in [0.25, 0.3) is 0 Å². The maximum absolute atomic E-state index is 12.8. The van der Waals surface area contributed by atoms with Gasteiger partial charge in [0.05, 0.1) is 0 Å². The van der Waals surface area contributed by atoms with Crippen molar-refractivity contribution in [2.75, 3.05) is 13.2 Å². The molecule has 1 aromatic carbocycles. The molecular formula is C18H22FN3O5. The average molecular weight is 379 g/mol. The van der Waals surface area contributed by atoms with E-state index in [-0.39, 0.29) is 12.4 Å². The van der Waals surface area contributed by atoms with Crippen LogP contribution in [0.4, 0.5) is 9.18 Å². The van der Waals surface area contributed by atoms with E-state index >= 15 is 0 Å². The van der Waals surface area contributed by atoms with E-state index in [1.165, 1.54) is 24.3 Å². The number of urea groups is 1. The summed E-state index contributed by atoms with van der Waals surface area (Å²) in [6.07, 6.45) is 0.816. The summed E-state index contributed by atoms with van der Waals surface area (Å²) in [5.74, 6) is -2.27. The van der Waals surface area contributed by atoms with Crippen LogP contribution in [0.15, 0.2) is 24.3 Å². The standard InChI is InChI=1S/C18H22FN3O5/c1-3-18(4-2)16(25)22(17(26)21-18)10-15(24)27-11-14(23)20-9-12-5-7-13(19)8-6-12/h5-8H,3-4,9-11H2,1-2H3,(H,20,23)(H,21,26). The van der Waals surface area contributed by atoms with Crippen molar-refractivity contribution in [1.29, 1.82) is 0 Å². The highest BCUT2D eigenvalue weighted by atomic mass is 19.1. The van der Waals surface area contributed by atoms with E-state index in [9.17, 15) is 23.6 Å². The Morgan fingerprint density at radius 3 is 2.37 bits per heavy atom. The second-order valence-corrected chi connectivity index (χ2v) is 6.17. The summed E-state index contributed by atoms with van der Waals surface area (Å²) in [5.41, 5.74) is -0.310. The van der Waals surface area contributed by atoms with Crippen molar-refractivity contribution in [1.82, 2.24) is 15.5 Å². The first-order valence-corrected chi connectivity index (χ1v) is 8.62. The highest BCUT2D eigenvalue weighted by molar-refractivity contribution is 6.08. The number of nitrogens with one attached hydrogen (secondary N) is 2. The van der Waals surface area contributed by atoms with E-state index < -0.39 is 42.5 Å². The van der Waals surface area contributed by atoms with Crippen molar-refractivity contribution in [2.24, 2.45) is 0 Å². The van der Waals surface area contributed by atoms with Crippen molar-refractivity contribution < 1.29 is 28.3 Å². The summed E-state index contributed by atoms with van der Waals surface area (Å²) in [5, 5.41) is 5.12. The SMILES string of the molecule is CCC1(CC)NC(=O)N(CC(=O)OCC(=O)NCc2ccc(F)cc2)C1=O. The third-order valence-corrected chi connectivity index (χ3v) is 4.51. The van der Waals surface area contributed by atoms with E-state index in [0.717, 1.165) is 4.90 Å². The van der Waals surface area contributed by atoms with Gasteiger partial charge in [0.2, 0.25) is 0 Å². The Morgan fingerprint density at radius 2 is 1.81 bits per heavy atom. The van der Waals surface area contributed by atoms with Gasteiger partial charge in [-0.3, -0.25) is 19.3 Å². The molecule has 1 heterocycles. The number of hydrogen-bond donors (Lipinski definition) is 2. The Kier molecular flexibility index (Phi) is 6.49. The van der Waals surface area contributed by atoms with E-state index in [0.29, 0.717) is 18.4 Å². The molecule has 0 aromatic heterocycles. The van der Waals surface area contributed by atoms with Crippen LogP contribution in [0, 0.1) is 5.82 Å². The lowest BCUT2D eigenvalue weighted by Crippen LogP contribution is -2.46. The number of imide groups is 1. The smallest absolute Gasteiger partial charge is 0.326 e. The fourth-order valence-electron chi connectivity index (χ4n) is 2.72. The van der Waals surface area contributed by atoms with E-state index in [2.05, 4.69) is 10.6 Å². The average Bonchev–Trinajstić information content (AvgIpc) is 2.90. The second kappa shape index (κ2) is 8.61. The van der Waals surface area contributed by atoms with Crippen LogP contribution in [0.3, 0.4) is 0 Å². The first kappa shape index (κ1) is 20.3. The van der Waals surface area contributed by atoms with Crippen molar-refractivity contribution in [3.05, 3.63) is 35.6 Å². The second-order valence-electron chi connectivity index (χ2n) is 6.17. The van der Waals surface area contributed by atoms with Gasteiger partial charge < -0.3 is 15.4 Å². The third-order valence-electron chi connectivity index (χ3n) is 4.51. The van der Waals surface area contributed by atoms with Crippen LogP contribution in [0.5, 0.6) is 0 Å². The van der Waals surface area contributed by atoms with Gasteiger partial charge in [0, 0.05) is 6.54 Å². The highest BCUT2D eigenvalue weighted by Gasteiger charge is 2.49.